The second-order valence-corrected chi connectivity index (χ2v) is 8.36. The molecule has 2 amide bonds. The lowest BCUT2D eigenvalue weighted by molar-refractivity contribution is -0.126. The third-order valence-corrected chi connectivity index (χ3v) is 6.42. The van der Waals surface area contributed by atoms with Gasteiger partial charge in [0.05, 0.1) is 7.11 Å². The van der Waals surface area contributed by atoms with Gasteiger partial charge in [-0.15, -0.1) is 0 Å². The largest absolute Gasteiger partial charge is 0.497 e. The van der Waals surface area contributed by atoms with Crippen molar-refractivity contribution in [3.8, 4) is 5.75 Å². The number of hydrogen-bond donors (Lipinski definition) is 2. The average Bonchev–Trinajstić information content (AvgIpc) is 3.26. The number of aromatic amines is 1. The maximum Gasteiger partial charge on any atom is 0.270 e. The van der Waals surface area contributed by atoms with Gasteiger partial charge in [0.1, 0.15) is 17.3 Å². The molecule has 2 N–H and O–H groups in total. The molecule has 32 heavy (non-hydrogen) atoms. The van der Waals surface area contributed by atoms with Crippen LogP contribution in [0.4, 0.5) is 4.39 Å². The van der Waals surface area contributed by atoms with Crippen LogP contribution in [0.3, 0.4) is 0 Å². The van der Waals surface area contributed by atoms with E-state index >= 15 is 0 Å². The van der Waals surface area contributed by atoms with Gasteiger partial charge in [-0.2, -0.15) is 0 Å². The number of amides is 2. The summed E-state index contributed by atoms with van der Waals surface area (Å²) in [5, 5.41) is 3.81. The highest BCUT2D eigenvalue weighted by molar-refractivity contribution is 5.98. The first-order valence-corrected chi connectivity index (χ1v) is 10.9. The van der Waals surface area contributed by atoms with Crippen LogP contribution in [0.1, 0.15) is 35.8 Å². The number of hydrogen-bond acceptors (Lipinski definition) is 3. The summed E-state index contributed by atoms with van der Waals surface area (Å²) in [6, 6.07) is 14.0. The fourth-order valence-electron chi connectivity index (χ4n) is 4.32. The Hall–Kier alpha value is -3.35. The number of benzene rings is 2. The molecule has 1 saturated heterocycles. The van der Waals surface area contributed by atoms with Gasteiger partial charge in [-0.3, -0.25) is 9.59 Å². The Labute approximate surface area is 186 Å². The lowest BCUT2D eigenvalue weighted by atomic mass is 9.84. The molecule has 1 unspecified atom stereocenters. The number of halogens is 1. The molecule has 1 aromatic heterocycles. The molecule has 4 rings (SSSR count). The van der Waals surface area contributed by atoms with Gasteiger partial charge >= 0.3 is 0 Å². The molecular formula is C25H28FN3O3. The van der Waals surface area contributed by atoms with Crippen molar-refractivity contribution in [1.82, 2.24) is 15.2 Å². The molecule has 2 aromatic carbocycles. The molecule has 7 heteroatoms. The minimum absolute atomic E-state index is 0.0322. The van der Waals surface area contributed by atoms with Crippen LogP contribution in [-0.4, -0.2) is 41.9 Å². The van der Waals surface area contributed by atoms with E-state index in [0.29, 0.717) is 24.3 Å². The van der Waals surface area contributed by atoms with Crippen molar-refractivity contribution in [3.63, 3.8) is 0 Å². The number of carbonyl (C=O) groups is 2. The smallest absolute Gasteiger partial charge is 0.270 e. The number of nitrogens with zero attached hydrogens (tertiary/aromatic N) is 1. The number of fused-ring (bicyclic) bond motifs is 1. The Balaban J connectivity index is 1.31. The van der Waals surface area contributed by atoms with E-state index in [-0.39, 0.29) is 36.0 Å². The van der Waals surface area contributed by atoms with Crippen LogP contribution < -0.4 is 10.1 Å². The minimum atomic E-state index is -0.317. The van der Waals surface area contributed by atoms with Crippen molar-refractivity contribution >= 4 is 22.7 Å². The normalized spacial score (nSPS) is 15.5. The first kappa shape index (κ1) is 21.9. The number of nitrogens with one attached hydrogen (secondary N) is 2. The van der Waals surface area contributed by atoms with Crippen molar-refractivity contribution in [2.24, 2.45) is 11.8 Å². The molecule has 0 saturated carbocycles. The summed E-state index contributed by atoms with van der Waals surface area (Å²) in [5.74, 6) is 0.299. The van der Waals surface area contributed by atoms with Crippen LogP contribution >= 0.6 is 0 Å². The molecule has 168 valence electrons. The number of piperidine rings is 1. The molecule has 0 bridgehead atoms. The number of ether oxygens (including phenoxy) is 1. The summed E-state index contributed by atoms with van der Waals surface area (Å²) >= 11 is 0. The lowest BCUT2D eigenvalue weighted by Crippen LogP contribution is -2.42. The van der Waals surface area contributed by atoms with Crippen LogP contribution in [0.5, 0.6) is 5.75 Å². The molecule has 0 spiro atoms. The zero-order valence-electron chi connectivity index (χ0n) is 18.4. The van der Waals surface area contributed by atoms with E-state index < -0.39 is 0 Å². The van der Waals surface area contributed by atoms with Gasteiger partial charge in [0.25, 0.3) is 5.91 Å². The number of methoxy groups -OCH3 is 1. The number of H-pyrrole nitrogens is 1. The monoisotopic (exact) mass is 437 g/mol. The van der Waals surface area contributed by atoms with Crippen molar-refractivity contribution in [1.29, 1.82) is 0 Å². The highest BCUT2D eigenvalue weighted by atomic mass is 19.1. The molecule has 1 aliphatic heterocycles. The summed E-state index contributed by atoms with van der Waals surface area (Å²) in [7, 11) is 1.61. The Morgan fingerprint density at radius 3 is 2.66 bits per heavy atom. The fourth-order valence-corrected chi connectivity index (χ4v) is 4.32. The Morgan fingerprint density at radius 2 is 1.94 bits per heavy atom. The molecule has 6 nitrogen and oxygen atoms in total. The minimum Gasteiger partial charge on any atom is -0.497 e. The van der Waals surface area contributed by atoms with Crippen LogP contribution in [0.25, 0.3) is 10.9 Å². The maximum absolute atomic E-state index is 13.8. The Morgan fingerprint density at radius 1 is 1.19 bits per heavy atom. The molecule has 2 heterocycles. The van der Waals surface area contributed by atoms with E-state index in [2.05, 4.69) is 10.3 Å². The second-order valence-electron chi connectivity index (χ2n) is 8.36. The fraction of sp³-hybridized carbons (Fsp3) is 0.360. The summed E-state index contributed by atoms with van der Waals surface area (Å²) in [6.45, 7) is 3.29. The van der Waals surface area contributed by atoms with Crippen molar-refractivity contribution in [3.05, 3.63) is 65.6 Å². The van der Waals surface area contributed by atoms with Crippen LogP contribution in [0, 0.1) is 17.7 Å². The topological polar surface area (TPSA) is 74.4 Å². The molecule has 1 aliphatic rings. The highest BCUT2D eigenvalue weighted by Gasteiger charge is 2.30. The molecule has 0 aliphatic carbocycles. The zero-order chi connectivity index (χ0) is 22.7. The van der Waals surface area contributed by atoms with Gasteiger partial charge in [-0.05, 0) is 43.0 Å². The van der Waals surface area contributed by atoms with Crippen LogP contribution in [-0.2, 0) is 11.3 Å². The van der Waals surface area contributed by atoms with Gasteiger partial charge in [-0.1, -0.05) is 25.1 Å². The van der Waals surface area contributed by atoms with Gasteiger partial charge in [0.2, 0.25) is 5.91 Å². The number of carbonyl (C=O) groups excluding carboxylic acids is 2. The Bertz CT molecular complexity index is 1120. The van der Waals surface area contributed by atoms with Crippen molar-refractivity contribution in [2.45, 2.75) is 26.3 Å². The predicted molar refractivity (Wildman–Crippen MR) is 121 cm³/mol. The highest BCUT2D eigenvalue weighted by Crippen LogP contribution is 2.27. The molecule has 1 atom stereocenters. The maximum atomic E-state index is 13.8. The molecule has 1 fully saturated rings. The van der Waals surface area contributed by atoms with Crippen LogP contribution in [0.2, 0.25) is 0 Å². The van der Waals surface area contributed by atoms with E-state index in [1.54, 1.807) is 25.3 Å². The van der Waals surface area contributed by atoms with E-state index in [9.17, 15) is 14.0 Å². The van der Waals surface area contributed by atoms with E-state index in [0.717, 1.165) is 29.5 Å². The van der Waals surface area contributed by atoms with Gasteiger partial charge in [0.15, 0.2) is 0 Å². The predicted octanol–water partition coefficient (Wildman–Crippen LogP) is 4.12. The van der Waals surface area contributed by atoms with Gasteiger partial charge in [-0.25, -0.2) is 4.39 Å². The summed E-state index contributed by atoms with van der Waals surface area (Å²) in [5.41, 5.74) is 1.90. The summed E-state index contributed by atoms with van der Waals surface area (Å²) in [6.07, 6.45) is 1.52. The number of rotatable bonds is 6. The van der Waals surface area contributed by atoms with E-state index in [1.807, 2.05) is 36.1 Å². The summed E-state index contributed by atoms with van der Waals surface area (Å²) in [4.78, 5) is 30.6. The van der Waals surface area contributed by atoms with E-state index in [1.165, 1.54) is 6.07 Å². The third-order valence-electron chi connectivity index (χ3n) is 6.42. The number of likely N-dealkylation sites (tertiary alicyclic amines) is 1. The number of aromatic nitrogens is 1. The van der Waals surface area contributed by atoms with Gasteiger partial charge in [0, 0.05) is 48.1 Å². The summed E-state index contributed by atoms with van der Waals surface area (Å²) < 4.78 is 19.0. The zero-order valence-corrected chi connectivity index (χ0v) is 18.4. The third kappa shape index (κ3) is 4.61. The second kappa shape index (κ2) is 9.42. The SMILES string of the molecule is COc1ccc2cc(C(=O)N3CCC(C(C)C(=O)NCc4ccccc4F)CC3)[nH]c2c1. The Kier molecular flexibility index (Phi) is 6.44. The first-order valence-electron chi connectivity index (χ1n) is 10.9. The average molecular weight is 438 g/mol. The van der Waals surface area contributed by atoms with Crippen molar-refractivity contribution in [2.75, 3.05) is 20.2 Å². The lowest BCUT2D eigenvalue weighted by Gasteiger charge is -2.34. The molecule has 0 radical (unpaired) electrons. The standard InChI is InChI=1S/C25H28FN3O3/c1-16(24(30)27-15-19-5-3-4-6-21(19)26)17-9-11-29(12-10-17)25(31)23-13-18-7-8-20(32-2)14-22(18)28-23/h3-8,13-14,16-17,28H,9-12,15H2,1-2H3,(H,27,30). The molecule has 3 aromatic rings. The van der Waals surface area contributed by atoms with Crippen LogP contribution in [0.15, 0.2) is 48.5 Å². The quantitative estimate of drug-likeness (QED) is 0.609. The van der Waals surface area contributed by atoms with E-state index in [4.69, 9.17) is 4.74 Å². The van der Waals surface area contributed by atoms with Crippen molar-refractivity contribution < 1.29 is 18.7 Å². The van der Waals surface area contributed by atoms with Gasteiger partial charge < -0.3 is 19.9 Å². The first-order chi connectivity index (χ1) is 15.5. The molecular weight excluding hydrogens is 409 g/mol.